The first-order chi connectivity index (χ1) is 11.5. The van der Waals surface area contributed by atoms with Crippen LogP contribution in [0.4, 0.5) is 0 Å². The van der Waals surface area contributed by atoms with Crippen molar-refractivity contribution >= 4 is 16.0 Å². The second-order valence-electron chi connectivity index (χ2n) is 6.56. The topological polar surface area (TPSA) is 111 Å². The van der Waals surface area contributed by atoms with Crippen LogP contribution in [0.1, 0.15) is 48.4 Å². The van der Waals surface area contributed by atoms with Crippen LogP contribution in [0.25, 0.3) is 0 Å². The Kier molecular flexibility index (Phi) is 5.28. The fourth-order valence-corrected chi connectivity index (χ4v) is 3.27. The summed E-state index contributed by atoms with van der Waals surface area (Å²) in [4.78, 5) is 15.8. The van der Waals surface area contributed by atoms with Crippen LogP contribution < -0.4 is 4.72 Å². The Morgan fingerprint density at radius 1 is 1.32 bits per heavy atom. The fraction of sp³-hybridized carbons (Fsp3) is 0.438. The molecule has 9 heteroatoms. The lowest BCUT2D eigenvalue weighted by molar-refractivity contribution is 0.0600. The molecule has 0 aliphatic heterocycles. The minimum absolute atomic E-state index is 0.0692. The number of ether oxygens (including phenoxy) is 1. The number of nitrogens with zero attached hydrogens (tertiary/aromatic N) is 2. The van der Waals surface area contributed by atoms with E-state index in [0.717, 1.165) is 0 Å². The Bertz CT molecular complexity index is 881. The average Bonchev–Trinajstić information content (AvgIpc) is 3.01. The van der Waals surface area contributed by atoms with Crippen molar-refractivity contribution in [3.05, 3.63) is 41.0 Å². The number of methoxy groups -OCH3 is 1. The zero-order chi connectivity index (χ0) is 18.8. The number of carbonyl (C=O) groups excluding carboxylic acids is 1. The van der Waals surface area contributed by atoms with Crippen molar-refractivity contribution in [3.8, 4) is 0 Å². The van der Waals surface area contributed by atoms with Gasteiger partial charge in [-0.15, -0.1) is 0 Å². The highest BCUT2D eigenvalue weighted by atomic mass is 32.2. The van der Waals surface area contributed by atoms with E-state index in [2.05, 4.69) is 19.6 Å². The summed E-state index contributed by atoms with van der Waals surface area (Å²) < 4.78 is 37.1. The molecule has 0 radical (unpaired) electrons. The zero-order valence-electron chi connectivity index (χ0n) is 14.8. The quantitative estimate of drug-likeness (QED) is 0.804. The van der Waals surface area contributed by atoms with Gasteiger partial charge in [0, 0.05) is 5.41 Å². The third-order valence-electron chi connectivity index (χ3n) is 3.42. The summed E-state index contributed by atoms with van der Waals surface area (Å²) in [5.74, 6) is 0.152. The van der Waals surface area contributed by atoms with Crippen LogP contribution in [0.5, 0.6) is 0 Å². The summed E-state index contributed by atoms with van der Waals surface area (Å²) in [6.07, 6.45) is 0. The van der Waals surface area contributed by atoms with Gasteiger partial charge in [0.05, 0.1) is 24.1 Å². The predicted molar refractivity (Wildman–Crippen MR) is 89.5 cm³/mol. The van der Waals surface area contributed by atoms with Gasteiger partial charge in [0.25, 0.3) is 0 Å². The molecule has 8 nitrogen and oxygen atoms in total. The maximum absolute atomic E-state index is 12.5. The summed E-state index contributed by atoms with van der Waals surface area (Å²) in [6.45, 7) is 7.26. The van der Waals surface area contributed by atoms with E-state index in [4.69, 9.17) is 4.52 Å². The smallest absolute Gasteiger partial charge is 0.337 e. The Balaban J connectivity index is 2.17. The van der Waals surface area contributed by atoms with Crippen molar-refractivity contribution in [1.29, 1.82) is 0 Å². The van der Waals surface area contributed by atoms with E-state index in [0.29, 0.717) is 11.5 Å². The predicted octanol–water partition coefficient (Wildman–Crippen LogP) is 1.94. The Morgan fingerprint density at radius 2 is 2.00 bits per heavy atom. The summed E-state index contributed by atoms with van der Waals surface area (Å²) in [5, 5.41) is 3.78. The number of esters is 1. The molecule has 0 unspecified atom stereocenters. The molecular formula is C16H21N3O5S. The zero-order valence-corrected chi connectivity index (χ0v) is 15.6. The molecule has 0 bridgehead atoms. The monoisotopic (exact) mass is 367 g/mol. The largest absolute Gasteiger partial charge is 0.465 e. The molecule has 2 aromatic rings. The summed E-state index contributed by atoms with van der Waals surface area (Å²) in [7, 11) is -2.52. The molecule has 1 aromatic heterocycles. The number of rotatable bonds is 5. The van der Waals surface area contributed by atoms with Crippen LogP contribution in [0.2, 0.25) is 0 Å². The lowest BCUT2D eigenvalue weighted by atomic mass is 9.97. The average molecular weight is 367 g/mol. The first-order valence-electron chi connectivity index (χ1n) is 7.56. The van der Waals surface area contributed by atoms with Crippen LogP contribution in [0.3, 0.4) is 0 Å². The minimum atomic E-state index is -3.79. The maximum Gasteiger partial charge on any atom is 0.337 e. The van der Waals surface area contributed by atoms with Crippen molar-refractivity contribution in [2.75, 3.05) is 7.11 Å². The highest BCUT2D eigenvalue weighted by Crippen LogP contribution is 2.20. The molecule has 1 N–H and O–H groups in total. The number of benzene rings is 1. The van der Waals surface area contributed by atoms with Crippen molar-refractivity contribution in [2.24, 2.45) is 0 Å². The van der Waals surface area contributed by atoms with E-state index in [9.17, 15) is 13.2 Å². The van der Waals surface area contributed by atoms with Gasteiger partial charge in [-0.25, -0.2) is 17.9 Å². The van der Waals surface area contributed by atoms with Gasteiger partial charge in [-0.1, -0.05) is 25.9 Å². The molecule has 0 saturated carbocycles. The summed E-state index contributed by atoms with van der Waals surface area (Å²) in [6, 6.07) is 4.23. The lowest BCUT2D eigenvalue weighted by Crippen LogP contribution is -2.25. The fourth-order valence-electron chi connectivity index (χ4n) is 2.06. The normalized spacial score (nSPS) is 12.2. The molecule has 2 rings (SSSR count). The molecule has 0 amide bonds. The van der Waals surface area contributed by atoms with E-state index in [1.807, 2.05) is 20.8 Å². The summed E-state index contributed by atoms with van der Waals surface area (Å²) in [5.41, 5.74) is 0.399. The molecule has 1 aromatic carbocycles. The number of nitrogens with one attached hydrogen (secondary N) is 1. The lowest BCUT2D eigenvalue weighted by Gasteiger charge is -2.10. The van der Waals surface area contributed by atoms with Gasteiger partial charge >= 0.3 is 5.97 Å². The third kappa shape index (κ3) is 4.43. The van der Waals surface area contributed by atoms with Crippen LogP contribution in [0.15, 0.2) is 27.6 Å². The number of sulfonamides is 1. The molecule has 0 aliphatic rings. The van der Waals surface area contributed by atoms with Gasteiger partial charge in [-0.05, 0) is 30.7 Å². The third-order valence-corrected chi connectivity index (χ3v) is 4.98. The highest BCUT2D eigenvalue weighted by molar-refractivity contribution is 7.89. The van der Waals surface area contributed by atoms with Gasteiger partial charge < -0.3 is 9.26 Å². The highest BCUT2D eigenvalue weighted by Gasteiger charge is 2.23. The molecule has 136 valence electrons. The molecule has 0 atom stereocenters. The van der Waals surface area contributed by atoms with Crippen LogP contribution in [-0.2, 0) is 26.7 Å². The van der Waals surface area contributed by atoms with E-state index in [1.165, 1.54) is 25.3 Å². The first-order valence-corrected chi connectivity index (χ1v) is 9.04. The Morgan fingerprint density at radius 3 is 2.52 bits per heavy atom. The molecule has 0 saturated heterocycles. The Labute approximate surface area is 146 Å². The van der Waals surface area contributed by atoms with Gasteiger partial charge in [-0.2, -0.15) is 4.98 Å². The van der Waals surface area contributed by atoms with Crippen molar-refractivity contribution < 1.29 is 22.5 Å². The van der Waals surface area contributed by atoms with E-state index in [1.54, 1.807) is 6.92 Å². The van der Waals surface area contributed by atoms with Gasteiger partial charge in [0.2, 0.25) is 15.9 Å². The molecule has 0 spiro atoms. The second-order valence-corrected chi connectivity index (χ2v) is 8.30. The van der Waals surface area contributed by atoms with E-state index >= 15 is 0 Å². The molecule has 0 aliphatic carbocycles. The number of aryl methyl sites for hydroxylation is 1. The van der Waals surface area contributed by atoms with Gasteiger partial charge in [0.15, 0.2) is 5.82 Å². The standard InChI is InChI=1S/C16H21N3O5S/c1-10-8-11(14(20)23-5)6-7-12(10)25(21,22)17-9-13-18-15(24-19-13)16(2,3)4/h6-8,17H,9H2,1-5H3. The Hall–Kier alpha value is -2.26. The van der Waals surface area contributed by atoms with E-state index in [-0.39, 0.29) is 28.2 Å². The van der Waals surface area contributed by atoms with Crippen LogP contribution in [-0.4, -0.2) is 31.6 Å². The number of carbonyl (C=O) groups is 1. The maximum atomic E-state index is 12.5. The second kappa shape index (κ2) is 6.93. The van der Waals surface area contributed by atoms with Crippen molar-refractivity contribution in [1.82, 2.24) is 14.9 Å². The van der Waals surface area contributed by atoms with Crippen molar-refractivity contribution in [3.63, 3.8) is 0 Å². The van der Waals surface area contributed by atoms with Crippen molar-refractivity contribution in [2.45, 2.75) is 44.6 Å². The van der Waals surface area contributed by atoms with Crippen LogP contribution in [0, 0.1) is 6.92 Å². The minimum Gasteiger partial charge on any atom is -0.465 e. The molecule has 1 heterocycles. The first kappa shape index (κ1) is 19.1. The number of hydrogen-bond acceptors (Lipinski definition) is 7. The molecular weight excluding hydrogens is 346 g/mol. The SMILES string of the molecule is COC(=O)c1ccc(S(=O)(=O)NCc2noc(C(C)(C)C)n2)c(C)c1. The molecule has 25 heavy (non-hydrogen) atoms. The molecule has 0 fully saturated rings. The van der Waals surface area contributed by atoms with Gasteiger partial charge in [-0.3, -0.25) is 0 Å². The number of aromatic nitrogens is 2. The van der Waals surface area contributed by atoms with Crippen LogP contribution >= 0.6 is 0 Å². The van der Waals surface area contributed by atoms with Gasteiger partial charge in [0.1, 0.15) is 0 Å². The summed E-state index contributed by atoms with van der Waals surface area (Å²) >= 11 is 0. The van der Waals surface area contributed by atoms with E-state index < -0.39 is 16.0 Å². The number of hydrogen-bond donors (Lipinski definition) is 1.